The molecule has 100 valence electrons. The molecule has 0 spiro atoms. The molecular weight excluding hydrogens is 254 g/mol. The van der Waals surface area contributed by atoms with Gasteiger partial charge in [0.05, 0.1) is 5.56 Å². The van der Waals surface area contributed by atoms with Gasteiger partial charge in [0.15, 0.2) is 0 Å². The van der Waals surface area contributed by atoms with E-state index in [1.54, 1.807) is 6.92 Å². The van der Waals surface area contributed by atoms with Crippen LogP contribution in [0.1, 0.15) is 34.6 Å². The Balaban J connectivity index is 2.95. The summed E-state index contributed by atoms with van der Waals surface area (Å²) in [6, 6.07) is 0. The van der Waals surface area contributed by atoms with Gasteiger partial charge in [-0.05, 0) is 25.8 Å². The normalized spacial score (nSPS) is 10.4. The lowest BCUT2D eigenvalue weighted by atomic mass is 10.1. The van der Waals surface area contributed by atoms with Gasteiger partial charge >= 0.3 is 5.97 Å². The van der Waals surface area contributed by atoms with Crippen molar-refractivity contribution in [1.29, 1.82) is 0 Å². The van der Waals surface area contributed by atoms with Gasteiger partial charge in [-0.15, -0.1) is 11.3 Å². The molecule has 2 N–H and O–H groups in total. The average molecular weight is 271 g/mol. The monoisotopic (exact) mass is 271 g/mol. The fraction of sp³-hybridized carbons (Fsp3) is 0.500. The molecule has 18 heavy (non-hydrogen) atoms. The predicted octanol–water partition coefficient (Wildman–Crippen LogP) is 2.29. The second-order valence-corrected chi connectivity index (χ2v) is 4.91. The summed E-state index contributed by atoms with van der Waals surface area (Å²) in [6.07, 6.45) is 0.630. The number of aromatic carboxylic acids is 1. The number of nitrogens with one attached hydrogen (secondary N) is 1. The van der Waals surface area contributed by atoms with Crippen LogP contribution in [0.15, 0.2) is 0 Å². The minimum absolute atomic E-state index is 0.0615. The first-order valence-corrected chi connectivity index (χ1v) is 6.56. The molecule has 0 saturated carbocycles. The van der Waals surface area contributed by atoms with Crippen LogP contribution in [0.4, 0.5) is 5.00 Å². The van der Waals surface area contributed by atoms with Crippen LogP contribution in [0.3, 0.4) is 0 Å². The number of carbonyl (C=O) groups is 2. The number of carboxylic acid groups (broad SMARTS) is 1. The molecule has 0 aliphatic heterocycles. The van der Waals surface area contributed by atoms with Crippen LogP contribution < -0.4 is 5.32 Å². The molecule has 0 aliphatic rings. The molecule has 0 atom stereocenters. The first-order valence-electron chi connectivity index (χ1n) is 5.74. The van der Waals surface area contributed by atoms with Gasteiger partial charge in [-0.25, -0.2) is 4.79 Å². The van der Waals surface area contributed by atoms with E-state index in [1.165, 1.54) is 11.3 Å². The van der Waals surface area contributed by atoms with Crippen molar-refractivity contribution in [2.24, 2.45) is 0 Å². The molecular formula is C12H17NO4S. The van der Waals surface area contributed by atoms with E-state index >= 15 is 0 Å². The molecule has 1 amide bonds. The maximum absolute atomic E-state index is 11.5. The van der Waals surface area contributed by atoms with E-state index in [0.717, 1.165) is 10.4 Å². The zero-order valence-electron chi connectivity index (χ0n) is 10.7. The Labute approximate surface area is 110 Å². The fourth-order valence-corrected chi connectivity index (χ4v) is 2.83. The highest BCUT2D eigenvalue weighted by atomic mass is 32.1. The largest absolute Gasteiger partial charge is 0.478 e. The summed E-state index contributed by atoms with van der Waals surface area (Å²) in [5.41, 5.74) is 0.976. The highest BCUT2D eigenvalue weighted by Gasteiger charge is 2.21. The molecule has 5 nitrogen and oxygen atoms in total. The van der Waals surface area contributed by atoms with E-state index < -0.39 is 5.97 Å². The van der Waals surface area contributed by atoms with E-state index in [2.05, 4.69) is 5.32 Å². The molecule has 0 bridgehead atoms. The van der Waals surface area contributed by atoms with E-state index in [-0.39, 0.29) is 18.1 Å². The van der Waals surface area contributed by atoms with Crippen molar-refractivity contribution in [2.45, 2.75) is 27.2 Å². The van der Waals surface area contributed by atoms with E-state index in [9.17, 15) is 14.7 Å². The molecule has 1 aromatic rings. The van der Waals surface area contributed by atoms with Crippen LogP contribution in [0, 0.1) is 6.92 Å². The zero-order valence-corrected chi connectivity index (χ0v) is 11.5. The maximum Gasteiger partial charge on any atom is 0.339 e. The highest BCUT2D eigenvalue weighted by Crippen LogP contribution is 2.33. The van der Waals surface area contributed by atoms with Crippen molar-refractivity contribution in [3.8, 4) is 0 Å². The van der Waals surface area contributed by atoms with Crippen LogP contribution in [-0.4, -0.2) is 30.2 Å². The third-order valence-corrected chi connectivity index (χ3v) is 3.53. The van der Waals surface area contributed by atoms with Crippen molar-refractivity contribution in [3.63, 3.8) is 0 Å². The summed E-state index contributed by atoms with van der Waals surface area (Å²) < 4.78 is 4.98. The number of aryl methyl sites for hydroxylation is 1. The fourth-order valence-electron chi connectivity index (χ4n) is 1.68. The molecule has 1 aromatic heterocycles. The Morgan fingerprint density at radius 1 is 1.39 bits per heavy atom. The molecule has 1 heterocycles. The van der Waals surface area contributed by atoms with Crippen molar-refractivity contribution in [1.82, 2.24) is 0 Å². The quantitative estimate of drug-likeness (QED) is 0.832. The minimum atomic E-state index is -1.01. The number of amides is 1. The lowest BCUT2D eigenvalue weighted by Crippen LogP contribution is -2.19. The smallest absolute Gasteiger partial charge is 0.339 e. The van der Waals surface area contributed by atoms with Gasteiger partial charge in [-0.3, -0.25) is 4.79 Å². The summed E-state index contributed by atoms with van der Waals surface area (Å²) in [5.74, 6) is -1.34. The average Bonchev–Trinajstić information content (AvgIpc) is 2.62. The van der Waals surface area contributed by atoms with E-state index in [0.29, 0.717) is 18.0 Å². The third-order valence-electron chi connectivity index (χ3n) is 2.47. The molecule has 0 fully saturated rings. The van der Waals surface area contributed by atoms with Crippen LogP contribution in [0.25, 0.3) is 0 Å². The van der Waals surface area contributed by atoms with Crippen LogP contribution in [0.5, 0.6) is 0 Å². The molecule has 0 aliphatic carbocycles. The van der Waals surface area contributed by atoms with Crippen molar-refractivity contribution >= 4 is 28.2 Å². The van der Waals surface area contributed by atoms with Crippen molar-refractivity contribution < 1.29 is 19.4 Å². The van der Waals surface area contributed by atoms with Crippen LogP contribution in [-0.2, 0) is 16.0 Å². The van der Waals surface area contributed by atoms with Crippen molar-refractivity contribution in [2.75, 3.05) is 18.5 Å². The number of carboxylic acids is 1. The molecule has 0 saturated heterocycles. The number of rotatable bonds is 6. The summed E-state index contributed by atoms with van der Waals surface area (Å²) in [6.45, 7) is 5.93. The van der Waals surface area contributed by atoms with Gasteiger partial charge in [0.1, 0.15) is 11.6 Å². The van der Waals surface area contributed by atoms with Crippen LogP contribution in [0.2, 0.25) is 0 Å². The highest BCUT2D eigenvalue weighted by molar-refractivity contribution is 7.16. The van der Waals surface area contributed by atoms with E-state index in [1.807, 2.05) is 13.8 Å². The van der Waals surface area contributed by atoms with Gasteiger partial charge in [-0.1, -0.05) is 6.92 Å². The standard InChI is InChI=1S/C12H17NO4S/c1-4-8-7(3)18-11(10(8)12(15)16)13-9(14)6-17-5-2/h4-6H2,1-3H3,(H,13,14)(H,15,16). The molecule has 0 aromatic carbocycles. The Kier molecular flexibility index (Phi) is 5.30. The maximum atomic E-state index is 11.5. The lowest BCUT2D eigenvalue weighted by Gasteiger charge is -2.05. The summed E-state index contributed by atoms with van der Waals surface area (Å²) in [4.78, 5) is 23.7. The number of anilines is 1. The number of carbonyl (C=O) groups excluding carboxylic acids is 1. The molecule has 0 radical (unpaired) electrons. The Hall–Kier alpha value is -1.40. The number of ether oxygens (including phenoxy) is 1. The number of hydrogen-bond donors (Lipinski definition) is 2. The second kappa shape index (κ2) is 6.51. The zero-order chi connectivity index (χ0) is 13.7. The summed E-state index contributed by atoms with van der Waals surface area (Å²) in [5, 5.41) is 12.2. The van der Waals surface area contributed by atoms with Gasteiger partial charge in [0.25, 0.3) is 5.91 Å². The van der Waals surface area contributed by atoms with Crippen LogP contribution >= 0.6 is 11.3 Å². The van der Waals surface area contributed by atoms with Crippen molar-refractivity contribution in [3.05, 3.63) is 16.0 Å². The third kappa shape index (κ3) is 3.30. The molecule has 1 rings (SSSR count). The summed E-state index contributed by atoms with van der Waals surface area (Å²) in [7, 11) is 0. The first kappa shape index (κ1) is 14.7. The number of hydrogen-bond acceptors (Lipinski definition) is 4. The first-order chi connectivity index (χ1) is 8.51. The molecule has 0 unspecified atom stereocenters. The van der Waals surface area contributed by atoms with Gasteiger partial charge < -0.3 is 15.2 Å². The van der Waals surface area contributed by atoms with Gasteiger partial charge in [0.2, 0.25) is 0 Å². The van der Waals surface area contributed by atoms with E-state index in [4.69, 9.17) is 4.74 Å². The second-order valence-electron chi connectivity index (χ2n) is 3.68. The SMILES string of the molecule is CCOCC(=O)Nc1sc(C)c(CC)c1C(=O)O. The Morgan fingerprint density at radius 2 is 2.06 bits per heavy atom. The minimum Gasteiger partial charge on any atom is -0.478 e. The van der Waals surface area contributed by atoms with Gasteiger partial charge in [0, 0.05) is 11.5 Å². The Morgan fingerprint density at radius 3 is 2.56 bits per heavy atom. The number of thiophene rings is 1. The summed E-state index contributed by atoms with van der Waals surface area (Å²) >= 11 is 1.29. The topological polar surface area (TPSA) is 75.6 Å². The predicted molar refractivity (Wildman–Crippen MR) is 70.5 cm³/mol. The van der Waals surface area contributed by atoms with Gasteiger partial charge in [-0.2, -0.15) is 0 Å². The Bertz CT molecular complexity index is 453. The lowest BCUT2D eigenvalue weighted by molar-refractivity contribution is -0.120. The molecule has 6 heteroatoms.